The Balaban J connectivity index is 2.77. The highest BCUT2D eigenvalue weighted by Gasteiger charge is 2.35. The van der Waals surface area contributed by atoms with E-state index in [2.05, 4.69) is 37.9 Å². The minimum atomic E-state index is -0.614. The summed E-state index contributed by atoms with van der Waals surface area (Å²) in [6, 6.07) is 0.538. The average molecular weight is 214 g/mol. The van der Waals surface area contributed by atoms with Crippen LogP contribution in [0.25, 0.3) is 0 Å². The Morgan fingerprint density at radius 3 is 2.47 bits per heavy atom. The van der Waals surface area contributed by atoms with Gasteiger partial charge in [0.2, 0.25) is 0 Å². The molecular formula is C12H26N2O. The van der Waals surface area contributed by atoms with Gasteiger partial charge in [0.05, 0.1) is 5.60 Å². The van der Waals surface area contributed by atoms with Gasteiger partial charge in [-0.3, -0.25) is 4.90 Å². The SMILES string of the molecule is CCC(C)N1CC(C)(O)CNC(C)(C)C1. The summed E-state index contributed by atoms with van der Waals surface area (Å²) >= 11 is 0. The number of hydrogen-bond donors (Lipinski definition) is 2. The smallest absolute Gasteiger partial charge is 0.0870 e. The number of hydrogen-bond acceptors (Lipinski definition) is 3. The Kier molecular flexibility index (Phi) is 3.80. The molecule has 0 amide bonds. The predicted molar refractivity (Wildman–Crippen MR) is 64.0 cm³/mol. The van der Waals surface area contributed by atoms with Gasteiger partial charge >= 0.3 is 0 Å². The number of β-amino-alcohol motifs (C(OH)–C–C–N with tert-alkyl or cyclic N) is 1. The topological polar surface area (TPSA) is 35.5 Å². The quantitative estimate of drug-likeness (QED) is 0.725. The second kappa shape index (κ2) is 4.40. The van der Waals surface area contributed by atoms with E-state index in [1.165, 1.54) is 0 Å². The summed E-state index contributed by atoms with van der Waals surface area (Å²) < 4.78 is 0. The molecule has 3 nitrogen and oxygen atoms in total. The maximum absolute atomic E-state index is 10.2. The predicted octanol–water partition coefficient (Wildman–Crippen LogP) is 1.22. The van der Waals surface area contributed by atoms with Crippen molar-refractivity contribution in [2.45, 2.75) is 58.2 Å². The van der Waals surface area contributed by atoms with Crippen molar-refractivity contribution in [3.8, 4) is 0 Å². The molecule has 3 heteroatoms. The third-order valence-corrected chi connectivity index (χ3v) is 3.30. The normalized spacial score (nSPS) is 34.8. The van der Waals surface area contributed by atoms with E-state index in [-0.39, 0.29) is 5.54 Å². The van der Waals surface area contributed by atoms with Crippen LogP contribution in [0, 0.1) is 0 Å². The zero-order chi connectivity index (χ0) is 11.7. The van der Waals surface area contributed by atoms with Crippen molar-refractivity contribution in [1.29, 1.82) is 0 Å². The molecule has 0 saturated carbocycles. The fourth-order valence-corrected chi connectivity index (χ4v) is 2.11. The first-order chi connectivity index (χ1) is 6.76. The van der Waals surface area contributed by atoms with Gasteiger partial charge < -0.3 is 10.4 Å². The van der Waals surface area contributed by atoms with Crippen LogP contribution in [-0.4, -0.2) is 46.8 Å². The third kappa shape index (κ3) is 3.74. The zero-order valence-corrected chi connectivity index (χ0v) is 10.8. The largest absolute Gasteiger partial charge is 0.388 e. The van der Waals surface area contributed by atoms with E-state index >= 15 is 0 Å². The lowest BCUT2D eigenvalue weighted by Crippen LogP contribution is -2.48. The fraction of sp³-hybridized carbons (Fsp3) is 1.00. The summed E-state index contributed by atoms with van der Waals surface area (Å²) in [5.41, 5.74) is -0.527. The molecule has 0 aromatic carbocycles. The number of nitrogens with zero attached hydrogens (tertiary/aromatic N) is 1. The van der Waals surface area contributed by atoms with Crippen LogP contribution < -0.4 is 5.32 Å². The van der Waals surface area contributed by atoms with Crippen molar-refractivity contribution in [2.24, 2.45) is 0 Å². The average Bonchev–Trinajstić information content (AvgIpc) is 2.22. The lowest BCUT2D eigenvalue weighted by molar-refractivity contribution is 0.0229. The molecule has 0 aliphatic carbocycles. The molecule has 2 N–H and O–H groups in total. The lowest BCUT2D eigenvalue weighted by Gasteiger charge is -2.34. The van der Waals surface area contributed by atoms with Crippen LogP contribution in [0.15, 0.2) is 0 Å². The molecule has 1 aliphatic heterocycles. The van der Waals surface area contributed by atoms with Gasteiger partial charge in [0.25, 0.3) is 0 Å². The van der Waals surface area contributed by atoms with Gasteiger partial charge in [-0.15, -0.1) is 0 Å². The van der Waals surface area contributed by atoms with Crippen LogP contribution in [-0.2, 0) is 0 Å². The number of nitrogens with one attached hydrogen (secondary N) is 1. The van der Waals surface area contributed by atoms with Gasteiger partial charge in [0.15, 0.2) is 0 Å². The van der Waals surface area contributed by atoms with E-state index in [1.54, 1.807) is 0 Å². The summed E-state index contributed by atoms with van der Waals surface area (Å²) in [5, 5.41) is 13.6. The van der Waals surface area contributed by atoms with Crippen molar-refractivity contribution >= 4 is 0 Å². The van der Waals surface area contributed by atoms with Crippen LogP contribution in [0.5, 0.6) is 0 Å². The van der Waals surface area contributed by atoms with E-state index in [0.29, 0.717) is 12.6 Å². The van der Waals surface area contributed by atoms with Crippen LogP contribution in [0.3, 0.4) is 0 Å². The van der Waals surface area contributed by atoms with Crippen molar-refractivity contribution in [3.05, 3.63) is 0 Å². The minimum Gasteiger partial charge on any atom is -0.388 e. The van der Waals surface area contributed by atoms with Crippen LogP contribution in [0.1, 0.15) is 41.0 Å². The van der Waals surface area contributed by atoms with Gasteiger partial charge in [-0.25, -0.2) is 0 Å². The minimum absolute atomic E-state index is 0.0872. The number of aliphatic hydroxyl groups is 1. The number of rotatable bonds is 2. The van der Waals surface area contributed by atoms with Gasteiger partial charge in [0, 0.05) is 31.2 Å². The van der Waals surface area contributed by atoms with Crippen molar-refractivity contribution in [3.63, 3.8) is 0 Å². The van der Waals surface area contributed by atoms with E-state index in [0.717, 1.165) is 19.5 Å². The van der Waals surface area contributed by atoms with E-state index in [1.807, 2.05) is 6.92 Å². The van der Waals surface area contributed by atoms with Crippen molar-refractivity contribution in [2.75, 3.05) is 19.6 Å². The van der Waals surface area contributed by atoms with Gasteiger partial charge in [-0.05, 0) is 34.1 Å². The van der Waals surface area contributed by atoms with E-state index in [9.17, 15) is 5.11 Å². The highest BCUT2D eigenvalue weighted by molar-refractivity contribution is 4.94. The maximum atomic E-state index is 10.2. The van der Waals surface area contributed by atoms with Gasteiger partial charge in [0.1, 0.15) is 0 Å². The molecule has 2 atom stereocenters. The molecule has 0 aromatic heterocycles. The van der Waals surface area contributed by atoms with Crippen LogP contribution in [0.4, 0.5) is 0 Å². The molecule has 15 heavy (non-hydrogen) atoms. The Hall–Kier alpha value is -0.120. The third-order valence-electron chi connectivity index (χ3n) is 3.30. The molecule has 1 heterocycles. The van der Waals surface area contributed by atoms with Gasteiger partial charge in [-0.1, -0.05) is 6.92 Å². The van der Waals surface area contributed by atoms with Crippen molar-refractivity contribution < 1.29 is 5.11 Å². The summed E-state index contributed by atoms with van der Waals surface area (Å²) in [6.07, 6.45) is 1.13. The molecule has 1 fully saturated rings. The Morgan fingerprint density at radius 2 is 1.93 bits per heavy atom. The molecule has 0 bridgehead atoms. The molecule has 0 radical (unpaired) electrons. The molecule has 90 valence electrons. The summed E-state index contributed by atoms with van der Waals surface area (Å²) in [6.45, 7) is 13.2. The second-order valence-electron chi connectivity index (χ2n) is 5.90. The first-order valence-electron chi connectivity index (χ1n) is 5.97. The summed E-state index contributed by atoms with van der Waals surface area (Å²) in [4.78, 5) is 2.39. The first kappa shape index (κ1) is 12.9. The molecular weight excluding hydrogens is 188 g/mol. The Bertz CT molecular complexity index is 196. The van der Waals surface area contributed by atoms with Crippen LogP contribution in [0.2, 0.25) is 0 Å². The molecule has 1 aliphatic rings. The maximum Gasteiger partial charge on any atom is 0.0870 e. The highest BCUT2D eigenvalue weighted by atomic mass is 16.3. The van der Waals surface area contributed by atoms with E-state index in [4.69, 9.17) is 0 Å². The molecule has 2 unspecified atom stereocenters. The monoisotopic (exact) mass is 214 g/mol. The molecule has 0 spiro atoms. The zero-order valence-electron chi connectivity index (χ0n) is 10.8. The van der Waals surface area contributed by atoms with Gasteiger partial charge in [-0.2, -0.15) is 0 Å². The lowest BCUT2D eigenvalue weighted by atomic mass is 10.0. The first-order valence-corrected chi connectivity index (χ1v) is 5.97. The molecule has 1 saturated heterocycles. The summed E-state index contributed by atoms with van der Waals surface area (Å²) in [7, 11) is 0. The fourth-order valence-electron chi connectivity index (χ4n) is 2.11. The van der Waals surface area contributed by atoms with Crippen LogP contribution >= 0.6 is 0 Å². The Labute approximate surface area is 93.9 Å². The highest BCUT2D eigenvalue weighted by Crippen LogP contribution is 2.19. The van der Waals surface area contributed by atoms with E-state index < -0.39 is 5.60 Å². The Morgan fingerprint density at radius 1 is 1.33 bits per heavy atom. The standard InChI is InChI=1S/C12H26N2O/c1-6-10(2)14-8-11(3,4)13-7-12(5,15)9-14/h10,13,15H,6-9H2,1-5H3. The van der Waals surface area contributed by atoms with Crippen molar-refractivity contribution in [1.82, 2.24) is 10.2 Å². The molecule has 1 rings (SSSR count). The second-order valence-corrected chi connectivity index (χ2v) is 5.90. The molecule has 0 aromatic rings. The summed E-state index contributed by atoms with van der Waals surface area (Å²) in [5.74, 6) is 0.